The van der Waals surface area contributed by atoms with Crippen molar-refractivity contribution in [3.63, 3.8) is 0 Å². The van der Waals surface area contributed by atoms with Gasteiger partial charge in [0, 0.05) is 8.41 Å². The molecule has 0 aliphatic heterocycles. The molecule has 0 saturated carbocycles. The van der Waals surface area contributed by atoms with E-state index in [1.165, 1.54) is 0 Å². The highest BCUT2D eigenvalue weighted by Crippen LogP contribution is 2.35. The summed E-state index contributed by atoms with van der Waals surface area (Å²) in [6.07, 6.45) is 0. The molecule has 0 atom stereocenters. The van der Waals surface area contributed by atoms with Gasteiger partial charge in [-0.2, -0.15) is 0 Å². The van der Waals surface area contributed by atoms with E-state index in [4.69, 9.17) is 14.4 Å². The molecule has 0 saturated heterocycles. The third kappa shape index (κ3) is 10.7. The lowest BCUT2D eigenvalue weighted by Gasteiger charge is -1.87. The van der Waals surface area contributed by atoms with Crippen LogP contribution in [0.15, 0.2) is 0 Å². The molecule has 41 valence electrons. The Balaban J connectivity index is 0. The largest absolute Gasteiger partial charge is 0.500 e. The molecule has 0 unspecified atom stereocenters. The summed E-state index contributed by atoms with van der Waals surface area (Å²) in [7, 11) is -4.81. The lowest BCUT2D eigenvalue weighted by molar-refractivity contribution is -0.0389. The van der Waals surface area contributed by atoms with Crippen LogP contribution in [0.25, 0.3) is 0 Å². The predicted molar refractivity (Wildman–Crippen MR) is 20.0 cm³/mol. The maximum Gasteiger partial charge on any atom is 0.500 e. The van der Waals surface area contributed by atoms with Crippen LogP contribution in [0.1, 0.15) is 0 Å². The number of hydrogen-bond acceptors (Lipinski definition) is 2. The van der Waals surface area contributed by atoms with Crippen LogP contribution in [0.3, 0.4) is 0 Å². The van der Waals surface area contributed by atoms with Crippen LogP contribution < -0.4 is 0 Å². The van der Waals surface area contributed by atoms with Gasteiger partial charge in [-0.15, -0.1) is 0 Å². The zero-order valence-corrected chi connectivity index (χ0v) is 4.01. The fourth-order valence-electron chi connectivity index (χ4n) is 0. The van der Waals surface area contributed by atoms with E-state index in [1.807, 2.05) is 0 Å². The zero-order valence-electron chi connectivity index (χ0n) is 3.11. The second kappa shape index (κ2) is 3.15. The van der Waals surface area contributed by atoms with Crippen LogP contribution in [0.2, 0.25) is 0 Å². The Morgan fingerprint density at radius 1 is 1.57 bits per heavy atom. The molecule has 0 amide bonds. The van der Waals surface area contributed by atoms with E-state index in [9.17, 15) is 4.53 Å². The van der Waals surface area contributed by atoms with Gasteiger partial charge >= 0.3 is 7.82 Å². The van der Waals surface area contributed by atoms with E-state index >= 15 is 0 Å². The van der Waals surface area contributed by atoms with E-state index in [0.29, 0.717) is 0 Å². The molecule has 0 bridgehead atoms. The summed E-state index contributed by atoms with van der Waals surface area (Å²) in [5.41, 5.74) is 0. The van der Waals surface area contributed by atoms with Gasteiger partial charge in [0.1, 0.15) is 0 Å². The molecule has 7 heavy (non-hydrogen) atoms. The van der Waals surface area contributed by atoms with Gasteiger partial charge in [-0.05, 0) is 4.53 Å². The lowest BCUT2D eigenvalue weighted by atomic mass is 10.8. The number of hydrogen-bond donors (Lipinski definition) is 2. The first-order chi connectivity index (χ1) is 2.56. The third-order valence-corrected chi connectivity index (χ3v) is 0.270. The van der Waals surface area contributed by atoms with Crippen molar-refractivity contribution in [2.45, 2.75) is 0 Å². The quantitative estimate of drug-likeness (QED) is 0.371. The smallest absolute Gasteiger partial charge is 0.301 e. The molecule has 7 heteroatoms. The maximum absolute atomic E-state index is 10.2. The molecule has 0 aromatic carbocycles. The van der Waals surface area contributed by atoms with Gasteiger partial charge in [0.2, 0.25) is 0 Å². The van der Waals surface area contributed by atoms with E-state index in [0.717, 1.165) is 0 Å². The average molecular weight is 127 g/mol. The van der Waals surface area contributed by atoms with Crippen LogP contribution in [-0.4, -0.2) is 18.2 Å². The Morgan fingerprint density at radius 3 is 1.71 bits per heavy atom. The van der Waals surface area contributed by atoms with Gasteiger partial charge in [-0.3, -0.25) is 0 Å². The lowest BCUT2D eigenvalue weighted by Crippen LogP contribution is -1.71. The molecular weight excluding hydrogens is 125 g/mol. The Kier molecular flexibility index (Phi) is 4.57. The standard InChI is InChI=1S/B.FH2O4P/c;1-5-6(2,3)4/h;(H2,2,3,4). The van der Waals surface area contributed by atoms with Crippen molar-refractivity contribution >= 4 is 16.2 Å². The molecule has 3 radical (unpaired) electrons. The maximum atomic E-state index is 10.2. The molecule has 0 heterocycles. The first-order valence-corrected chi connectivity index (χ1v) is 2.45. The van der Waals surface area contributed by atoms with Gasteiger partial charge in [-0.25, -0.2) is 4.57 Å². The van der Waals surface area contributed by atoms with Crippen molar-refractivity contribution in [3.05, 3.63) is 0 Å². The van der Waals surface area contributed by atoms with Gasteiger partial charge in [0.25, 0.3) is 0 Å². The third-order valence-electron chi connectivity index (χ3n) is 0.0899. The highest BCUT2D eigenvalue weighted by Gasteiger charge is 2.12. The predicted octanol–water partition coefficient (Wildman–Crippen LogP) is -0.401. The second-order valence-corrected chi connectivity index (χ2v) is 1.68. The number of phosphoric acid groups is 1. The van der Waals surface area contributed by atoms with Crippen molar-refractivity contribution in [1.29, 1.82) is 0 Å². The summed E-state index contributed by atoms with van der Waals surface area (Å²) in [5, 5.41) is 0. The summed E-state index contributed by atoms with van der Waals surface area (Å²) in [6, 6.07) is 0. The highest BCUT2D eigenvalue weighted by molar-refractivity contribution is 7.46. The molecule has 0 rings (SSSR count). The van der Waals surface area contributed by atoms with E-state index in [2.05, 4.69) is 4.73 Å². The van der Waals surface area contributed by atoms with Crippen LogP contribution in [0.4, 0.5) is 4.53 Å². The number of halogens is 1. The fourth-order valence-corrected chi connectivity index (χ4v) is 0. The SMILES string of the molecule is O=P(O)(O)OF.[B]. The van der Waals surface area contributed by atoms with E-state index in [1.54, 1.807) is 0 Å². The first kappa shape index (κ1) is 10.2. The van der Waals surface area contributed by atoms with Gasteiger partial charge < -0.3 is 9.79 Å². The van der Waals surface area contributed by atoms with Crippen molar-refractivity contribution in [2.24, 2.45) is 0 Å². The van der Waals surface area contributed by atoms with E-state index in [-0.39, 0.29) is 8.41 Å². The summed E-state index contributed by atoms with van der Waals surface area (Å²) >= 11 is 0. The summed E-state index contributed by atoms with van der Waals surface area (Å²) in [4.78, 5) is 14.7. The van der Waals surface area contributed by atoms with Gasteiger partial charge in [-0.1, -0.05) is 4.73 Å². The molecule has 0 aromatic heterocycles. The molecular formula is H2BFO4P. The summed E-state index contributed by atoms with van der Waals surface area (Å²) < 4.78 is 21.4. The molecule has 0 aliphatic rings. The Labute approximate surface area is 41.0 Å². The van der Waals surface area contributed by atoms with Crippen molar-refractivity contribution < 1.29 is 23.6 Å². The molecule has 4 nitrogen and oxygen atoms in total. The second-order valence-electron chi connectivity index (χ2n) is 0.560. The number of rotatable bonds is 1. The average Bonchev–Trinajstić information content (AvgIpc) is 1.35. The topological polar surface area (TPSA) is 66.8 Å². The van der Waals surface area contributed by atoms with Crippen molar-refractivity contribution in [2.75, 3.05) is 0 Å². The molecule has 0 aromatic rings. The normalized spacial score (nSPS) is 10.1. The Hall–Kier alpha value is 0.105. The Morgan fingerprint density at radius 2 is 1.71 bits per heavy atom. The highest BCUT2D eigenvalue weighted by atomic mass is 31.2. The molecule has 2 N–H and O–H groups in total. The summed E-state index contributed by atoms with van der Waals surface area (Å²) in [6.45, 7) is 0. The van der Waals surface area contributed by atoms with Gasteiger partial charge in [0.15, 0.2) is 0 Å². The molecule has 0 fully saturated rings. The zero-order chi connectivity index (χ0) is 5.21. The molecule has 0 spiro atoms. The first-order valence-electron chi connectivity index (χ1n) is 0.919. The van der Waals surface area contributed by atoms with Crippen molar-refractivity contribution in [1.82, 2.24) is 0 Å². The monoisotopic (exact) mass is 127 g/mol. The van der Waals surface area contributed by atoms with Crippen LogP contribution in [0, 0.1) is 0 Å². The summed E-state index contributed by atoms with van der Waals surface area (Å²) in [5.74, 6) is 0. The van der Waals surface area contributed by atoms with Crippen LogP contribution in [-0.2, 0) is 9.29 Å². The van der Waals surface area contributed by atoms with Crippen LogP contribution >= 0.6 is 7.82 Å². The fraction of sp³-hybridized carbons (Fsp3) is 0. The minimum atomic E-state index is -4.81. The minimum Gasteiger partial charge on any atom is -0.301 e. The van der Waals surface area contributed by atoms with Crippen molar-refractivity contribution in [3.8, 4) is 0 Å². The van der Waals surface area contributed by atoms with E-state index < -0.39 is 7.82 Å². The van der Waals surface area contributed by atoms with Crippen LogP contribution in [0.5, 0.6) is 0 Å². The van der Waals surface area contributed by atoms with Gasteiger partial charge in [0.05, 0.1) is 0 Å². The molecule has 0 aliphatic carbocycles. The Bertz CT molecular complexity index is 75.8. The minimum absolute atomic E-state index is 0.